The fourth-order valence-electron chi connectivity index (χ4n) is 2.21. The van der Waals surface area contributed by atoms with Crippen molar-refractivity contribution in [3.8, 4) is 5.75 Å². The first-order chi connectivity index (χ1) is 11.6. The van der Waals surface area contributed by atoms with Crippen molar-refractivity contribution in [3.05, 3.63) is 62.9 Å². The minimum Gasteiger partial charge on any atom is -0.496 e. The lowest BCUT2D eigenvalue weighted by molar-refractivity contribution is 0.0952. The molecule has 7 heteroatoms. The predicted molar refractivity (Wildman–Crippen MR) is 99.7 cm³/mol. The van der Waals surface area contributed by atoms with Gasteiger partial charge in [-0.15, -0.1) is 0 Å². The summed E-state index contributed by atoms with van der Waals surface area (Å²) in [5.74, 6) is 0.628. The number of hydrogen-bond donors (Lipinski definition) is 1. The van der Waals surface area contributed by atoms with Crippen molar-refractivity contribution < 1.29 is 13.9 Å². The number of nitrogens with one attached hydrogen (secondary N) is 1. The van der Waals surface area contributed by atoms with Crippen LogP contribution in [-0.4, -0.2) is 19.2 Å². The van der Waals surface area contributed by atoms with Gasteiger partial charge in [0.1, 0.15) is 11.5 Å². The maximum Gasteiger partial charge on any atom is 0.275 e. The van der Waals surface area contributed by atoms with Gasteiger partial charge in [-0.05, 0) is 54.8 Å². The Labute approximate surface area is 154 Å². The van der Waals surface area contributed by atoms with Gasteiger partial charge in [0, 0.05) is 6.07 Å². The fraction of sp³-hybridized carbons (Fsp3) is 0.0588. The molecule has 0 bridgehead atoms. The standard InChI is InChI=1S/C17H12Br2N2O3/c1-23-15-7-11-5-3-2-4-10(11)6-13(15)17(22)21-20-9-12-8-14(18)16(19)24-12/h2-9H,1H3,(H,21,22). The molecule has 0 atom stereocenters. The maximum atomic E-state index is 12.4. The van der Waals surface area contributed by atoms with Crippen molar-refractivity contribution in [2.24, 2.45) is 5.10 Å². The third kappa shape index (κ3) is 3.52. The number of amides is 1. The zero-order valence-corrected chi connectivity index (χ0v) is 15.7. The number of fused-ring (bicyclic) bond motifs is 1. The van der Waals surface area contributed by atoms with Crippen LogP contribution in [-0.2, 0) is 0 Å². The number of carbonyl (C=O) groups excluding carboxylic acids is 1. The summed E-state index contributed by atoms with van der Waals surface area (Å²) in [6.45, 7) is 0. The number of benzene rings is 2. The van der Waals surface area contributed by atoms with Crippen LogP contribution in [0.5, 0.6) is 5.75 Å². The van der Waals surface area contributed by atoms with Crippen LogP contribution in [0, 0.1) is 0 Å². The summed E-state index contributed by atoms with van der Waals surface area (Å²) in [4.78, 5) is 12.4. The number of carbonyl (C=O) groups is 1. The highest BCUT2D eigenvalue weighted by Gasteiger charge is 2.13. The van der Waals surface area contributed by atoms with Crippen LogP contribution < -0.4 is 10.2 Å². The van der Waals surface area contributed by atoms with Gasteiger partial charge in [0.05, 0.1) is 23.4 Å². The molecule has 1 aromatic heterocycles. The van der Waals surface area contributed by atoms with Gasteiger partial charge in [0.25, 0.3) is 5.91 Å². The number of halogens is 2. The van der Waals surface area contributed by atoms with Crippen LogP contribution in [0.15, 0.2) is 61.1 Å². The van der Waals surface area contributed by atoms with E-state index in [1.54, 1.807) is 12.1 Å². The molecule has 0 aliphatic carbocycles. The van der Waals surface area contributed by atoms with Gasteiger partial charge in [-0.25, -0.2) is 5.43 Å². The molecule has 24 heavy (non-hydrogen) atoms. The quantitative estimate of drug-likeness (QED) is 0.460. The van der Waals surface area contributed by atoms with Crippen LogP contribution in [0.3, 0.4) is 0 Å². The highest BCUT2D eigenvalue weighted by Crippen LogP contribution is 2.27. The van der Waals surface area contributed by atoms with Crippen LogP contribution in [0.25, 0.3) is 10.8 Å². The molecular formula is C17H12Br2N2O3. The Morgan fingerprint density at radius 2 is 1.92 bits per heavy atom. The van der Waals surface area contributed by atoms with Crippen LogP contribution in [0.4, 0.5) is 0 Å². The average Bonchev–Trinajstić information content (AvgIpc) is 2.91. The Morgan fingerprint density at radius 1 is 1.21 bits per heavy atom. The van der Waals surface area contributed by atoms with E-state index >= 15 is 0 Å². The van der Waals surface area contributed by atoms with Gasteiger partial charge in [-0.2, -0.15) is 5.10 Å². The molecular weight excluding hydrogens is 440 g/mol. The fourth-order valence-corrected chi connectivity index (χ4v) is 2.82. The first-order valence-corrected chi connectivity index (χ1v) is 8.52. The first kappa shape index (κ1) is 16.7. The van der Waals surface area contributed by atoms with Crippen molar-refractivity contribution in [2.75, 3.05) is 7.11 Å². The SMILES string of the molecule is COc1cc2ccccc2cc1C(=O)NN=Cc1cc(Br)c(Br)o1. The first-order valence-electron chi connectivity index (χ1n) is 6.93. The summed E-state index contributed by atoms with van der Waals surface area (Å²) < 4.78 is 12.0. The molecule has 2 aromatic carbocycles. The normalized spacial score (nSPS) is 11.1. The number of methoxy groups -OCH3 is 1. The minimum atomic E-state index is -0.362. The molecule has 0 aliphatic rings. The highest BCUT2D eigenvalue weighted by molar-refractivity contribution is 9.13. The second-order valence-electron chi connectivity index (χ2n) is 4.87. The lowest BCUT2D eigenvalue weighted by Gasteiger charge is -2.09. The summed E-state index contributed by atoms with van der Waals surface area (Å²) in [6, 6.07) is 13.1. The molecule has 0 saturated carbocycles. The maximum absolute atomic E-state index is 12.4. The average molecular weight is 452 g/mol. The second kappa shape index (κ2) is 7.19. The number of hydrazone groups is 1. The van der Waals surface area contributed by atoms with Crippen molar-refractivity contribution in [1.29, 1.82) is 0 Å². The minimum absolute atomic E-state index is 0.362. The molecule has 1 heterocycles. The third-order valence-corrected chi connectivity index (χ3v) is 5.04. The van der Waals surface area contributed by atoms with Crippen LogP contribution in [0.1, 0.15) is 16.1 Å². The van der Waals surface area contributed by atoms with E-state index in [-0.39, 0.29) is 5.91 Å². The van der Waals surface area contributed by atoms with Crippen molar-refractivity contribution in [3.63, 3.8) is 0 Å². The molecule has 0 fully saturated rings. The number of nitrogens with zero attached hydrogens (tertiary/aromatic N) is 1. The molecule has 0 saturated heterocycles. The summed E-state index contributed by atoms with van der Waals surface area (Å²) in [5.41, 5.74) is 2.89. The Kier molecular flexibility index (Phi) is 5.01. The topological polar surface area (TPSA) is 63.8 Å². The van der Waals surface area contributed by atoms with Gasteiger partial charge in [0.2, 0.25) is 0 Å². The molecule has 3 aromatic rings. The highest BCUT2D eigenvalue weighted by atomic mass is 79.9. The predicted octanol–water partition coefficient (Wildman–Crippen LogP) is 4.73. The molecule has 122 valence electrons. The summed E-state index contributed by atoms with van der Waals surface area (Å²) in [6.07, 6.45) is 1.42. The third-order valence-electron chi connectivity index (χ3n) is 3.33. The van der Waals surface area contributed by atoms with Gasteiger partial charge >= 0.3 is 0 Å². The zero-order chi connectivity index (χ0) is 17.1. The van der Waals surface area contributed by atoms with Gasteiger partial charge < -0.3 is 9.15 Å². The van der Waals surface area contributed by atoms with E-state index < -0.39 is 0 Å². The van der Waals surface area contributed by atoms with Crippen molar-refractivity contribution in [2.45, 2.75) is 0 Å². The number of ether oxygens (including phenoxy) is 1. The number of furan rings is 1. The van der Waals surface area contributed by atoms with Crippen molar-refractivity contribution in [1.82, 2.24) is 5.43 Å². The van der Waals surface area contributed by atoms with Crippen molar-refractivity contribution >= 4 is 54.8 Å². The van der Waals surface area contributed by atoms with Gasteiger partial charge in [-0.3, -0.25) is 4.79 Å². The molecule has 0 aliphatic heterocycles. The van der Waals surface area contributed by atoms with E-state index in [4.69, 9.17) is 9.15 Å². The summed E-state index contributed by atoms with van der Waals surface area (Å²) in [7, 11) is 1.53. The Hall–Kier alpha value is -2.12. The van der Waals surface area contributed by atoms with Gasteiger partial charge in [0.15, 0.2) is 4.67 Å². The molecule has 0 spiro atoms. The molecule has 5 nitrogen and oxygen atoms in total. The molecule has 0 unspecified atom stereocenters. The Bertz CT molecular complexity index is 915. The smallest absolute Gasteiger partial charge is 0.275 e. The second-order valence-corrected chi connectivity index (χ2v) is 6.44. The van der Waals surface area contributed by atoms with Gasteiger partial charge in [-0.1, -0.05) is 24.3 Å². The van der Waals surface area contributed by atoms with E-state index in [1.807, 2.05) is 30.3 Å². The lowest BCUT2D eigenvalue weighted by atomic mass is 10.1. The van der Waals surface area contributed by atoms with E-state index in [1.165, 1.54) is 13.3 Å². The van der Waals surface area contributed by atoms with Crippen LogP contribution >= 0.6 is 31.9 Å². The Morgan fingerprint density at radius 3 is 2.54 bits per heavy atom. The monoisotopic (exact) mass is 450 g/mol. The molecule has 1 N–H and O–H groups in total. The summed E-state index contributed by atoms with van der Waals surface area (Å²) in [5, 5.41) is 5.86. The largest absolute Gasteiger partial charge is 0.496 e. The van der Waals surface area contributed by atoms with E-state index in [0.29, 0.717) is 21.7 Å². The Balaban J connectivity index is 1.82. The lowest BCUT2D eigenvalue weighted by Crippen LogP contribution is -2.18. The van der Waals surface area contributed by atoms with Crippen LogP contribution in [0.2, 0.25) is 0 Å². The molecule has 1 amide bonds. The summed E-state index contributed by atoms with van der Waals surface area (Å²) >= 11 is 6.55. The zero-order valence-electron chi connectivity index (χ0n) is 12.5. The van der Waals surface area contributed by atoms with E-state index in [2.05, 4.69) is 42.4 Å². The van der Waals surface area contributed by atoms with E-state index in [0.717, 1.165) is 15.2 Å². The number of rotatable bonds is 4. The van der Waals surface area contributed by atoms with E-state index in [9.17, 15) is 4.79 Å². The number of hydrogen-bond acceptors (Lipinski definition) is 4. The molecule has 0 radical (unpaired) electrons. The molecule has 3 rings (SSSR count).